The molecule has 0 aliphatic carbocycles. The molecule has 0 heterocycles. The highest BCUT2D eigenvalue weighted by Gasteiger charge is 2.29. The van der Waals surface area contributed by atoms with E-state index in [1.807, 2.05) is 27.7 Å². The molecule has 0 aliphatic heterocycles. The number of carbonyl (C=O) groups is 1. The first-order chi connectivity index (χ1) is 14.0. The number of nitrogens with zero attached hydrogens (tertiary/aromatic N) is 1. The van der Waals surface area contributed by atoms with Crippen LogP contribution in [0.3, 0.4) is 0 Å². The van der Waals surface area contributed by atoms with Crippen molar-refractivity contribution >= 4 is 21.6 Å². The average Bonchev–Trinajstić information content (AvgIpc) is 2.71. The molecule has 0 saturated carbocycles. The molecule has 1 N–H and O–H groups in total. The van der Waals surface area contributed by atoms with Gasteiger partial charge in [-0.05, 0) is 51.5 Å². The normalized spacial score (nSPS) is 11.7. The van der Waals surface area contributed by atoms with E-state index in [0.717, 1.165) is 9.87 Å². The van der Waals surface area contributed by atoms with Crippen molar-refractivity contribution in [1.82, 2.24) is 5.32 Å². The van der Waals surface area contributed by atoms with Crippen molar-refractivity contribution in [2.24, 2.45) is 0 Å². The van der Waals surface area contributed by atoms with Crippen molar-refractivity contribution in [2.45, 2.75) is 44.6 Å². The van der Waals surface area contributed by atoms with Crippen molar-refractivity contribution in [2.75, 3.05) is 25.1 Å². The standard InChI is InChI=1S/C22H30N2O5S/c1-7-22(3,4)23-21(25)15-24(17-10-8-16(2)9-11-17)30(26,27)18-12-13-19(28-5)20(14-18)29-6/h8-14H,7,15H2,1-6H3,(H,23,25). The number of nitrogens with one attached hydrogen (secondary N) is 1. The summed E-state index contributed by atoms with van der Waals surface area (Å²) in [5.41, 5.74) is 0.946. The van der Waals surface area contributed by atoms with Gasteiger partial charge in [0.05, 0.1) is 24.8 Å². The summed E-state index contributed by atoms with van der Waals surface area (Å²) < 4.78 is 38.6. The summed E-state index contributed by atoms with van der Waals surface area (Å²) in [7, 11) is -1.13. The molecule has 7 nitrogen and oxygen atoms in total. The van der Waals surface area contributed by atoms with E-state index < -0.39 is 15.6 Å². The third-order valence-corrected chi connectivity index (χ3v) is 6.68. The lowest BCUT2D eigenvalue weighted by atomic mass is 10.0. The fraction of sp³-hybridized carbons (Fsp3) is 0.409. The highest BCUT2D eigenvalue weighted by atomic mass is 32.2. The van der Waals surface area contributed by atoms with Crippen LogP contribution in [0.4, 0.5) is 5.69 Å². The maximum absolute atomic E-state index is 13.5. The second-order valence-corrected chi connectivity index (χ2v) is 9.51. The zero-order valence-electron chi connectivity index (χ0n) is 18.4. The van der Waals surface area contributed by atoms with Crippen LogP contribution in [0.1, 0.15) is 32.8 Å². The largest absolute Gasteiger partial charge is 0.493 e. The quantitative estimate of drug-likeness (QED) is 0.653. The van der Waals surface area contributed by atoms with Crippen molar-refractivity contribution in [1.29, 1.82) is 0 Å². The fourth-order valence-electron chi connectivity index (χ4n) is 2.77. The summed E-state index contributed by atoms with van der Waals surface area (Å²) in [5.74, 6) is 0.325. The SMILES string of the molecule is CCC(C)(C)NC(=O)CN(c1ccc(C)cc1)S(=O)(=O)c1ccc(OC)c(OC)c1. The predicted molar refractivity (Wildman–Crippen MR) is 118 cm³/mol. The van der Waals surface area contributed by atoms with E-state index in [1.165, 1.54) is 32.4 Å². The lowest BCUT2D eigenvalue weighted by molar-refractivity contribution is -0.121. The molecule has 30 heavy (non-hydrogen) atoms. The summed E-state index contributed by atoms with van der Waals surface area (Å²) >= 11 is 0. The van der Waals surface area contributed by atoms with Crippen LogP contribution in [-0.4, -0.2) is 40.6 Å². The Balaban J connectivity index is 2.50. The minimum absolute atomic E-state index is 0.00303. The molecule has 0 aliphatic rings. The van der Waals surface area contributed by atoms with E-state index in [1.54, 1.807) is 24.3 Å². The number of benzene rings is 2. The third kappa shape index (κ3) is 5.44. The average molecular weight is 435 g/mol. The van der Waals surface area contributed by atoms with E-state index in [0.29, 0.717) is 23.6 Å². The first kappa shape index (κ1) is 23.5. The Bertz CT molecular complexity index is 985. The number of carbonyl (C=O) groups excluding carboxylic acids is 1. The highest BCUT2D eigenvalue weighted by Crippen LogP contribution is 2.32. The fourth-order valence-corrected chi connectivity index (χ4v) is 4.20. The maximum atomic E-state index is 13.5. The number of methoxy groups -OCH3 is 2. The summed E-state index contributed by atoms with van der Waals surface area (Å²) in [6.45, 7) is 7.31. The van der Waals surface area contributed by atoms with Gasteiger partial charge in [0.15, 0.2) is 11.5 Å². The van der Waals surface area contributed by atoms with Gasteiger partial charge in [-0.3, -0.25) is 9.10 Å². The molecule has 0 fully saturated rings. The maximum Gasteiger partial charge on any atom is 0.264 e. The van der Waals surface area contributed by atoms with Crippen LogP contribution >= 0.6 is 0 Å². The summed E-state index contributed by atoms with van der Waals surface area (Å²) in [5, 5.41) is 2.89. The summed E-state index contributed by atoms with van der Waals surface area (Å²) in [6.07, 6.45) is 0.714. The lowest BCUT2D eigenvalue weighted by Crippen LogP contribution is -2.48. The van der Waals surface area contributed by atoms with E-state index in [9.17, 15) is 13.2 Å². The van der Waals surface area contributed by atoms with Gasteiger partial charge in [-0.25, -0.2) is 8.42 Å². The van der Waals surface area contributed by atoms with Crippen molar-refractivity contribution in [3.05, 3.63) is 48.0 Å². The molecule has 0 atom stereocenters. The smallest absolute Gasteiger partial charge is 0.264 e. The van der Waals surface area contributed by atoms with Gasteiger partial charge in [-0.1, -0.05) is 24.6 Å². The first-order valence-corrected chi connectivity index (χ1v) is 11.1. The number of rotatable bonds is 9. The second kappa shape index (κ2) is 9.38. The Morgan fingerprint density at radius 2 is 1.63 bits per heavy atom. The molecule has 0 aromatic heterocycles. The van der Waals surface area contributed by atoms with Gasteiger partial charge < -0.3 is 14.8 Å². The van der Waals surface area contributed by atoms with Gasteiger partial charge in [-0.2, -0.15) is 0 Å². The van der Waals surface area contributed by atoms with E-state index in [4.69, 9.17) is 9.47 Å². The zero-order chi connectivity index (χ0) is 22.5. The molecule has 2 aromatic carbocycles. The number of ether oxygens (including phenoxy) is 2. The number of aryl methyl sites for hydroxylation is 1. The second-order valence-electron chi connectivity index (χ2n) is 7.65. The Kier molecular flexibility index (Phi) is 7.36. The van der Waals surface area contributed by atoms with Crippen molar-refractivity contribution < 1.29 is 22.7 Å². The number of hydrogen-bond acceptors (Lipinski definition) is 5. The molecule has 0 radical (unpaired) electrons. The van der Waals surface area contributed by atoms with Crippen LogP contribution in [0.5, 0.6) is 11.5 Å². The van der Waals surface area contributed by atoms with Crippen LogP contribution in [0, 0.1) is 6.92 Å². The zero-order valence-corrected chi connectivity index (χ0v) is 19.2. The van der Waals surface area contributed by atoms with Gasteiger partial charge >= 0.3 is 0 Å². The Morgan fingerprint density at radius 1 is 1.03 bits per heavy atom. The van der Waals surface area contributed by atoms with E-state index in [2.05, 4.69) is 5.32 Å². The van der Waals surface area contributed by atoms with Gasteiger partial charge in [0.1, 0.15) is 6.54 Å². The molecule has 2 aromatic rings. The lowest BCUT2D eigenvalue weighted by Gasteiger charge is -2.28. The Morgan fingerprint density at radius 3 is 2.17 bits per heavy atom. The van der Waals surface area contributed by atoms with Crippen LogP contribution in [0.25, 0.3) is 0 Å². The van der Waals surface area contributed by atoms with Gasteiger partial charge in [-0.15, -0.1) is 0 Å². The number of sulfonamides is 1. The van der Waals surface area contributed by atoms with Gasteiger partial charge in [0.25, 0.3) is 10.0 Å². The molecule has 2 rings (SSSR count). The van der Waals surface area contributed by atoms with Crippen molar-refractivity contribution in [3.8, 4) is 11.5 Å². The predicted octanol–water partition coefficient (Wildman–Crippen LogP) is 3.51. The topological polar surface area (TPSA) is 84.9 Å². The molecule has 0 spiro atoms. The van der Waals surface area contributed by atoms with Gasteiger partial charge in [0, 0.05) is 11.6 Å². The minimum Gasteiger partial charge on any atom is -0.493 e. The molecule has 164 valence electrons. The van der Waals surface area contributed by atoms with Crippen LogP contribution in [-0.2, 0) is 14.8 Å². The van der Waals surface area contributed by atoms with E-state index in [-0.39, 0.29) is 17.3 Å². The molecular formula is C22H30N2O5S. The minimum atomic E-state index is -4.04. The number of amides is 1. The van der Waals surface area contributed by atoms with Crippen LogP contribution < -0.4 is 19.1 Å². The summed E-state index contributed by atoms with van der Waals surface area (Å²) in [6, 6.07) is 11.3. The van der Waals surface area contributed by atoms with Gasteiger partial charge in [0.2, 0.25) is 5.91 Å². The monoisotopic (exact) mass is 434 g/mol. The molecular weight excluding hydrogens is 404 g/mol. The molecule has 0 saturated heterocycles. The molecule has 1 amide bonds. The molecule has 0 bridgehead atoms. The Labute approximate surface area is 179 Å². The van der Waals surface area contributed by atoms with Crippen molar-refractivity contribution in [3.63, 3.8) is 0 Å². The Hall–Kier alpha value is -2.74. The van der Waals surface area contributed by atoms with Crippen LogP contribution in [0.2, 0.25) is 0 Å². The number of hydrogen-bond donors (Lipinski definition) is 1. The summed E-state index contributed by atoms with van der Waals surface area (Å²) in [4.78, 5) is 12.7. The highest BCUT2D eigenvalue weighted by molar-refractivity contribution is 7.92. The third-order valence-electron chi connectivity index (χ3n) is 4.91. The number of anilines is 1. The van der Waals surface area contributed by atoms with E-state index >= 15 is 0 Å². The molecule has 8 heteroatoms. The molecule has 0 unspecified atom stereocenters. The first-order valence-electron chi connectivity index (χ1n) is 9.66. The van der Waals surface area contributed by atoms with Crippen LogP contribution in [0.15, 0.2) is 47.4 Å².